The van der Waals surface area contributed by atoms with Crippen molar-refractivity contribution < 1.29 is 4.79 Å². The van der Waals surface area contributed by atoms with Gasteiger partial charge in [-0.1, -0.05) is 0 Å². The first-order chi connectivity index (χ1) is 7.58. The lowest BCUT2D eigenvalue weighted by molar-refractivity contribution is -0.132. The normalized spacial score (nSPS) is 16.4. The molecule has 0 aromatic heterocycles. The average molecular weight is 243 g/mol. The van der Waals surface area contributed by atoms with Crippen LogP contribution in [0.5, 0.6) is 0 Å². The van der Waals surface area contributed by atoms with Crippen LogP contribution in [0.1, 0.15) is 33.6 Å². The quantitative estimate of drug-likeness (QED) is 0.703. The van der Waals surface area contributed by atoms with Crippen molar-refractivity contribution in [1.29, 1.82) is 0 Å². The van der Waals surface area contributed by atoms with E-state index in [0.29, 0.717) is 11.2 Å². The van der Waals surface area contributed by atoms with Crippen LogP contribution < -0.4 is 10.6 Å². The molecule has 0 spiro atoms. The number of likely N-dealkylation sites (N-methyl/N-ethyl adjacent to an activating group) is 1. The van der Waals surface area contributed by atoms with Crippen LogP contribution in [0.25, 0.3) is 0 Å². The van der Waals surface area contributed by atoms with Crippen molar-refractivity contribution in [2.45, 2.75) is 45.7 Å². The molecule has 1 aliphatic carbocycles. The van der Waals surface area contributed by atoms with E-state index in [2.05, 4.69) is 10.6 Å². The van der Waals surface area contributed by atoms with Crippen LogP contribution in [-0.2, 0) is 4.79 Å². The molecule has 5 heteroatoms. The molecule has 16 heavy (non-hydrogen) atoms. The summed E-state index contributed by atoms with van der Waals surface area (Å²) in [5.41, 5.74) is 0. The maximum atomic E-state index is 11.9. The summed E-state index contributed by atoms with van der Waals surface area (Å²) in [6.45, 7) is 7.29. The van der Waals surface area contributed by atoms with E-state index in [0.717, 1.165) is 13.1 Å². The summed E-state index contributed by atoms with van der Waals surface area (Å²) >= 11 is 5.13. The summed E-state index contributed by atoms with van der Waals surface area (Å²) in [4.78, 5) is 13.7. The van der Waals surface area contributed by atoms with Crippen LogP contribution >= 0.6 is 12.2 Å². The highest BCUT2D eigenvalue weighted by Crippen LogP contribution is 2.18. The summed E-state index contributed by atoms with van der Waals surface area (Å²) in [7, 11) is 0. The minimum Gasteiger partial charge on any atom is -0.360 e. The van der Waals surface area contributed by atoms with E-state index in [-0.39, 0.29) is 11.9 Å². The highest BCUT2D eigenvalue weighted by Gasteiger charge is 2.24. The molecule has 92 valence electrons. The second kappa shape index (κ2) is 6.03. The number of nitrogens with zero attached hydrogens (tertiary/aromatic N) is 1. The van der Waals surface area contributed by atoms with Crippen LogP contribution in [0.15, 0.2) is 0 Å². The Morgan fingerprint density at radius 2 is 2.00 bits per heavy atom. The van der Waals surface area contributed by atoms with Crippen LogP contribution in [0.2, 0.25) is 0 Å². The molecule has 1 atom stereocenters. The second-order valence-electron chi connectivity index (χ2n) is 4.12. The molecule has 0 radical (unpaired) electrons. The lowest BCUT2D eigenvalue weighted by Crippen LogP contribution is -2.50. The molecule has 2 N–H and O–H groups in total. The van der Waals surface area contributed by atoms with Crippen molar-refractivity contribution in [2.75, 3.05) is 13.1 Å². The van der Waals surface area contributed by atoms with Gasteiger partial charge in [-0.15, -0.1) is 0 Å². The first-order valence-electron chi connectivity index (χ1n) is 5.94. The van der Waals surface area contributed by atoms with E-state index < -0.39 is 0 Å². The minimum atomic E-state index is -0.251. The Kier molecular flexibility index (Phi) is 4.99. The van der Waals surface area contributed by atoms with Gasteiger partial charge in [-0.3, -0.25) is 4.79 Å². The van der Waals surface area contributed by atoms with Crippen molar-refractivity contribution in [2.24, 2.45) is 0 Å². The molecular weight excluding hydrogens is 222 g/mol. The zero-order valence-corrected chi connectivity index (χ0v) is 11.1. The van der Waals surface area contributed by atoms with E-state index in [4.69, 9.17) is 12.2 Å². The summed E-state index contributed by atoms with van der Waals surface area (Å²) in [5, 5.41) is 6.79. The standard InChI is InChI=1S/C11H21N3OS/c1-4-14(5-2)10(15)8(3)12-11(16)13-9-6-7-9/h8-9H,4-7H2,1-3H3,(H2,12,13,16). The number of thiocarbonyl (C=S) groups is 1. The Morgan fingerprint density at radius 1 is 1.44 bits per heavy atom. The fourth-order valence-electron chi connectivity index (χ4n) is 1.52. The molecule has 1 amide bonds. The van der Waals surface area contributed by atoms with Crippen molar-refractivity contribution >= 4 is 23.2 Å². The van der Waals surface area contributed by atoms with Gasteiger partial charge in [-0.2, -0.15) is 0 Å². The Balaban J connectivity index is 2.34. The molecule has 0 aliphatic heterocycles. The summed E-state index contributed by atoms with van der Waals surface area (Å²) in [5.74, 6) is 0.102. The lowest BCUT2D eigenvalue weighted by atomic mass is 10.3. The summed E-state index contributed by atoms with van der Waals surface area (Å²) in [6, 6.07) is 0.273. The zero-order chi connectivity index (χ0) is 12.1. The maximum absolute atomic E-state index is 11.9. The minimum absolute atomic E-state index is 0.102. The molecule has 1 rings (SSSR count). The Bertz CT molecular complexity index is 262. The van der Waals surface area contributed by atoms with Gasteiger partial charge in [-0.25, -0.2) is 0 Å². The highest BCUT2D eigenvalue weighted by atomic mass is 32.1. The monoisotopic (exact) mass is 243 g/mol. The van der Waals surface area contributed by atoms with Gasteiger partial charge in [0.1, 0.15) is 6.04 Å². The molecule has 0 bridgehead atoms. The highest BCUT2D eigenvalue weighted by molar-refractivity contribution is 7.80. The van der Waals surface area contributed by atoms with E-state index >= 15 is 0 Å². The molecule has 1 saturated carbocycles. The van der Waals surface area contributed by atoms with Crippen molar-refractivity contribution in [3.8, 4) is 0 Å². The van der Waals surface area contributed by atoms with Gasteiger partial charge in [0, 0.05) is 19.1 Å². The number of hydrogen-bond acceptors (Lipinski definition) is 2. The topological polar surface area (TPSA) is 44.4 Å². The van der Waals surface area contributed by atoms with Gasteiger partial charge in [0.25, 0.3) is 0 Å². The van der Waals surface area contributed by atoms with Crippen LogP contribution in [0, 0.1) is 0 Å². The first-order valence-corrected chi connectivity index (χ1v) is 6.35. The van der Waals surface area contributed by atoms with E-state index in [9.17, 15) is 4.79 Å². The maximum Gasteiger partial charge on any atom is 0.244 e. The number of carbonyl (C=O) groups excluding carboxylic acids is 1. The molecule has 1 unspecified atom stereocenters. The molecule has 0 aromatic rings. The average Bonchev–Trinajstić information content (AvgIpc) is 3.03. The third-order valence-corrected chi connectivity index (χ3v) is 2.94. The molecule has 0 saturated heterocycles. The summed E-state index contributed by atoms with van der Waals surface area (Å²) in [6.07, 6.45) is 2.36. The number of rotatable bonds is 5. The third kappa shape index (κ3) is 3.96. The van der Waals surface area contributed by atoms with Gasteiger partial charge >= 0.3 is 0 Å². The predicted molar refractivity (Wildman–Crippen MR) is 69.3 cm³/mol. The molecular formula is C11H21N3OS. The van der Waals surface area contributed by atoms with Gasteiger partial charge in [-0.05, 0) is 45.8 Å². The van der Waals surface area contributed by atoms with Crippen LogP contribution in [-0.4, -0.2) is 41.1 Å². The second-order valence-corrected chi connectivity index (χ2v) is 4.53. The van der Waals surface area contributed by atoms with E-state index in [1.54, 1.807) is 4.90 Å². The van der Waals surface area contributed by atoms with Gasteiger partial charge in [0.2, 0.25) is 5.91 Å². The zero-order valence-electron chi connectivity index (χ0n) is 10.2. The number of carbonyl (C=O) groups is 1. The molecule has 0 aromatic carbocycles. The fraction of sp³-hybridized carbons (Fsp3) is 0.818. The van der Waals surface area contributed by atoms with Gasteiger partial charge < -0.3 is 15.5 Å². The molecule has 4 nitrogen and oxygen atoms in total. The van der Waals surface area contributed by atoms with Gasteiger partial charge in [0.05, 0.1) is 0 Å². The fourth-order valence-corrected chi connectivity index (χ4v) is 1.87. The van der Waals surface area contributed by atoms with Crippen molar-refractivity contribution in [1.82, 2.24) is 15.5 Å². The number of hydrogen-bond donors (Lipinski definition) is 2. The summed E-state index contributed by atoms with van der Waals surface area (Å²) < 4.78 is 0. The van der Waals surface area contributed by atoms with Crippen molar-refractivity contribution in [3.63, 3.8) is 0 Å². The van der Waals surface area contributed by atoms with E-state index in [1.165, 1.54) is 12.8 Å². The Morgan fingerprint density at radius 3 is 2.44 bits per heavy atom. The van der Waals surface area contributed by atoms with Crippen molar-refractivity contribution in [3.05, 3.63) is 0 Å². The first kappa shape index (κ1) is 13.2. The smallest absolute Gasteiger partial charge is 0.244 e. The van der Waals surface area contributed by atoms with Gasteiger partial charge in [0.15, 0.2) is 5.11 Å². The Hall–Kier alpha value is -0.840. The number of amides is 1. The SMILES string of the molecule is CCN(CC)C(=O)C(C)NC(=S)NC1CC1. The van der Waals surface area contributed by atoms with Crippen LogP contribution in [0.3, 0.4) is 0 Å². The largest absolute Gasteiger partial charge is 0.360 e. The number of nitrogens with one attached hydrogen (secondary N) is 2. The third-order valence-electron chi connectivity index (χ3n) is 2.71. The molecule has 1 aliphatic rings. The Labute approximate surface area is 103 Å². The molecule has 0 heterocycles. The molecule has 1 fully saturated rings. The predicted octanol–water partition coefficient (Wildman–Crippen LogP) is 0.870. The van der Waals surface area contributed by atoms with E-state index in [1.807, 2.05) is 20.8 Å². The van der Waals surface area contributed by atoms with Crippen LogP contribution in [0.4, 0.5) is 0 Å². The lowest BCUT2D eigenvalue weighted by Gasteiger charge is -2.24.